The number of anilines is 1. The summed E-state index contributed by atoms with van der Waals surface area (Å²) in [6.07, 6.45) is 3.46. The third-order valence-electron chi connectivity index (χ3n) is 3.93. The number of aryl methyl sites for hydroxylation is 1. The van der Waals surface area contributed by atoms with Gasteiger partial charge in [0.1, 0.15) is 18.4 Å². The summed E-state index contributed by atoms with van der Waals surface area (Å²) in [7, 11) is 0. The molecule has 9 nitrogen and oxygen atoms in total. The number of carbonyl (C=O) groups excluding carboxylic acids is 2. The van der Waals surface area contributed by atoms with Gasteiger partial charge in [-0.2, -0.15) is 0 Å². The molecule has 0 atom stereocenters. The first-order chi connectivity index (χ1) is 12.7. The molecule has 1 aliphatic rings. The molecule has 0 saturated carbocycles. The molecule has 26 heavy (non-hydrogen) atoms. The van der Waals surface area contributed by atoms with E-state index in [-0.39, 0.29) is 18.4 Å². The van der Waals surface area contributed by atoms with Gasteiger partial charge in [0.25, 0.3) is 5.91 Å². The summed E-state index contributed by atoms with van der Waals surface area (Å²) in [6.45, 7) is 2.84. The number of hydrogen-bond acceptors (Lipinski definition) is 6. The van der Waals surface area contributed by atoms with Gasteiger partial charge in [0.15, 0.2) is 6.61 Å². The Morgan fingerprint density at radius 3 is 2.50 bits per heavy atom. The fraction of sp³-hybridized carbons (Fsp3) is 0.412. The second-order valence-corrected chi connectivity index (χ2v) is 5.80. The van der Waals surface area contributed by atoms with E-state index < -0.39 is 0 Å². The number of ether oxygens (including phenoxy) is 2. The van der Waals surface area contributed by atoms with Crippen molar-refractivity contribution in [3.63, 3.8) is 0 Å². The van der Waals surface area contributed by atoms with Gasteiger partial charge in [0.05, 0.1) is 13.2 Å². The van der Waals surface area contributed by atoms with Crippen LogP contribution < -0.4 is 10.1 Å². The number of nitrogens with zero attached hydrogens (tertiary/aromatic N) is 4. The van der Waals surface area contributed by atoms with Crippen molar-refractivity contribution in [1.29, 1.82) is 0 Å². The van der Waals surface area contributed by atoms with Crippen molar-refractivity contribution in [2.75, 3.05) is 38.2 Å². The Morgan fingerprint density at radius 1 is 1.12 bits per heavy atom. The SMILES string of the molecule is O=C(CCn1cnnc1)Nc1ccc(OCC(=O)N2CCOCC2)cc1. The molecule has 2 amide bonds. The van der Waals surface area contributed by atoms with Crippen molar-refractivity contribution >= 4 is 17.5 Å². The number of amides is 2. The van der Waals surface area contributed by atoms with E-state index in [2.05, 4.69) is 15.5 Å². The summed E-state index contributed by atoms with van der Waals surface area (Å²) >= 11 is 0. The van der Waals surface area contributed by atoms with Crippen LogP contribution in [-0.4, -0.2) is 64.4 Å². The van der Waals surface area contributed by atoms with Gasteiger partial charge in [0.2, 0.25) is 5.91 Å². The van der Waals surface area contributed by atoms with Gasteiger partial charge in [-0.1, -0.05) is 0 Å². The Kier molecular flexibility index (Phi) is 6.15. The fourth-order valence-electron chi connectivity index (χ4n) is 2.48. The first-order valence-corrected chi connectivity index (χ1v) is 8.41. The highest BCUT2D eigenvalue weighted by molar-refractivity contribution is 5.90. The molecule has 1 N–H and O–H groups in total. The monoisotopic (exact) mass is 359 g/mol. The molecule has 2 aromatic rings. The molecule has 1 aromatic carbocycles. The molecule has 9 heteroatoms. The van der Waals surface area contributed by atoms with Crippen LogP contribution in [0, 0.1) is 0 Å². The topological polar surface area (TPSA) is 98.6 Å². The predicted octanol–water partition coefficient (Wildman–Crippen LogP) is 0.545. The van der Waals surface area contributed by atoms with Crippen LogP contribution in [-0.2, 0) is 20.9 Å². The van der Waals surface area contributed by atoms with Crippen molar-refractivity contribution in [3.05, 3.63) is 36.9 Å². The highest BCUT2D eigenvalue weighted by Gasteiger charge is 2.17. The molecular weight excluding hydrogens is 338 g/mol. The lowest BCUT2D eigenvalue weighted by Gasteiger charge is -2.26. The highest BCUT2D eigenvalue weighted by atomic mass is 16.5. The Balaban J connectivity index is 1.41. The van der Waals surface area contributed by atoms with Gasteiger partial charge < -0.3 is 24.3 Å². The second-order valence-electron chi connectivity index (χ2n) is 5.80. The molecule has 1 aromatic heterocycles. The lowest BCUT2D eigenvalue weighted by Crippen LogP contribution is -2.42. The fourth-order valence-corrected chi connectivity index (χ4v) is 2.48. The molecular formula is C17H21N5O4. The van der Waals surface area contributed by atoms with Gasteiger partial charge >= 0.3 is 0 Å². The van der Waals surface area contributed by atoms with Gasteiger partial charge in [-0.15, -0.1) is 10.2 Å². The predicted molar refractivity (Wildman–Crippen MR) is 92.6 cm³/mol. The largest absolute Gasteiger partial charge is 0.484 e. The third-order valence-corrected chi connectivity index (χ3v) is 3.93. The van der Waals surface area contributed by atoms with E-state index in [9.17, 15) is 9.59 Å². The van der Waals surface area contributed by atoms with Gasteiger partial charge in [-0.3, -0.25) is 9.59 Å². The molecule has 0 spiro atoms. The van der Waals surface area contributed by atoms with E-state index in [0.29, 0.717) is 50.7 Å². The molecule has 1 saturated heterocycles. The summed E-state index contributed by atoms with van der Waals surface area (Å²) in [4.78, 5) is 25.7. The normalized spacial score (nSPS) is 14.1. The summed E-state index contributed by atoms with van der Waals surface area (Å²) in [5.74, 6) is 0.420. The number of benzene rings is 1. The van der Waals surface area contributed by atoms with Crippen molar-refractivity contribution in [2.45, 2.75) is 13.0 Å². The van der Waals surface area contributed by atoms with E-state index in [1.165, 1.54) is 0 Å². The minimum Gasteiger partial charge on any atom is -0.484 e. The average Bonchev–Trinajstić information content (AvgIpc) is 3.20. The lowest BCUT2D eigenvalue weighted by molar-refractivity contribution is -0.137. The van der Waals surface area contributed by atoms with Gasteiger partial charge in [-0.25, -0.2) is 0 Å². The van der Waals surface area contributed by atoms with Crippen molar-refractivity contribution < 1.29 is 19.1 Å². The molecule has 3 rings (SSSR count). The molecule has 0 bridgehead atoms. The molecule has 1 aliphatic heterocycles. The van der Waals surface area contributed by atoms with Crippen LogP contribution in [0.4, 0.5) is 5.69 Å². The number of nitrogens with one attached hydrogen (secondary N) is 1. The summed E-state index contributed by atoms with van der Waals surface area (Å²) in [6, 6.07) is 6.93. The van der Waals surface area contributed by atoms with Crippen molar-refractivity contribution in [3.8, 4) is 5.75 Å². The Labute approximate surface area is 150 Å². The van der Waals surface area contributed by atoms with Crippen LogP contribution >= 0.6 is 0 Å². The number of rotatable bonds is 7. The Morgan fingerprint density at radius 2 is 1.81 bits per heavy atom. The lowest BCUT2D eigenvalue weighted by atomic mass is 10.3. The highest BCUT2D eigenvalue weighted by Crippen LogP contribution is 2.16. The van der Waals surface area contributed by atoms with Crippen molar-refractivity contribution in [2.24, 2.45) is 0 Å². The van der Waals surface area contributed by atoms with E-state index in [1.54, 1.807) is 46.4 Å². The second kappa shape index (κ2) is 8.95. The molecule has 0 unspecified atom stereocenters. The number of aromatic nitrogens is 3. The maximum Gasteiger partial charge on any atom is 0.260 e. The van der Waals surface area contributed by atoms with Crippen LogP contribution in [0.5, 0.6) is 5.75 Å². The standard InChI is InChI=1S/C17H21N5O4/c23-16(5-6-21-12-18-19-13-21)20-14-1-3-15(4-2-14)26-11-17(24)22-7-9-25-10-8-22/h1-4,12-13H,5-11H2,(H,20,23). The molecule has 138 valence electrons. The number of morpholine rings is 1. The first kappa shape index (κ1) is 17.9. The third kappa shape index (κ3) is 5.28. The van der Waals surface area contributed by atoms with Gasteiger partial charge in [-0.05, 0) is 24.3 Å². The number of carbonyl (C=O) groups is 2. The minimum atomic E-state index is -0.102. The Bertz CT molecular complexity index is 711. The maximum atomic E-state index is 12.0. The Hall–Kier alpha value is -2.94. The van der Waals surface area contributed by atoms with E-state index in [1.807, 2.05) is 0 Å². The molecule has 2 heterocycles. The van der Waals surface area contributed by atoms with E-state index in [4.69, 9.17) is 9.47 Å². The zero-order chi connectivity index (χ0) is 18.2. The van der Waals surface area contributed by atoms with Crippen molar-refractivity contribution in [1.82, 2.24) is 19.7 Å². The smallest absolute Gasteiger partial charge is 0.260 e. The summed E-state index contributed by atoms with van der Waals surface area (Å²) < 4.78 is 12.5. The van der Waals surface area contributed by atoms with E-state index >= 15 is 0 Å². The van der Waals surface area contributed by atoms with Crippen LogP contribution in [0.15, 0.2) is 36.9 Å². The van der Waals surface area contributed by atoms with Crippen LogP contribution in [0.25, 0.3) is 0 Å². The van der Waals surface area contributed by atoms with Crippen LogP contribution in [0.1, 0.15) is 6.42 Å². The molecule has 0 radical (unpaired) electrons. The summed E-state index contributed by atoms with van der Waals surface area (Å²) in [5.41, 5.74) is 0.672. The van der Waals surface area contributed by atoms with Crippen LogP contribution in [0.3, 0.4) is 0 Å². The van der Waals surface area contributed by atoms with E-state index in [0.717, 1.165) is 0 Å². The minimum absolute atomic E-state index is 0.00928. The summed E-state index contributed by atoms with van der Waals surface area (Å²) in [5, 5.41) is 10.2. The number of hydrogen-bond donors (Lipinski definition) is 1. The zero-order valence-corrected chi connectivity index (χ0v) is 14.3. The average molecular weight is 359 g/mol. The molecule has 1 fully saturated rings. The maximum absolute atomic E-state index is 12.0. The molecule has 0 aliphatic carbocycles. The first-order valence-electron chi connectivity index (χ1n) is 8.41. The zero-order valence-electron chi connectivity index (χ0n) is 14.3. The van der Waals surface area contributed by atoms with Gasteiger partial charge in [0, 0.05) is 31.7 Å². The van der Waals surface area contributed by atoms with Crippen LogP contribution in [0.2, 0.25) is 0 Å². The quantitative estimate of drug-likeness (QED) is 0.775.